The van der Waals surface area contributed by atoms with Gasteiger partial charge >= 0.3 is 5.97 Å². The van der Waals surface area contributed by atoms with Crippen LogP contribution in [0.2, 0.25) is 0 Å². The van der Waals surface area contributed by atoms with Crippen molar-refractivity contribution in [3.8, 4) is 0 Å². The largest absolute Gasteiger partial charge is 0.477 e. The minimum absolute atomic E-state index is 0.346. The molecule has 3 aromatic rings. The van der Waals surface area contributed by atoms with Crippen molar-refractivity contribution < 1.29 is 9.90 Å². The minimum atomic E-state index is -0.839. The molecule has 4 heteroatoms. The number of benzene rings is 2. The maximum atomic E-state index is 11.5. The molecule has 1 N–H and O–H groups in total. The third kappa shape index (κ3) is 2.63. The van der Waals surface area contributed by atoms with Gasteiger partial charge in [0, 0.05) is 12.3 Å². The molecule has 116 valence electrons. The zero-order valence-corrected chi connectivity index (χ0v) is 13.5. The number of nitrogens with zero attached hydrogens (tertiary/aromatic N) is 1. The molecule has 3 nitrogen and oxygen atoms in total. The summed E-state index contributed by atoms with van der Waals surface area (Å²) in [5.41, 5.74) is 2.01. The second-order valence-electron chi connectivity index (χ2n) is 6.07. The first kappa shape index (κ1) is 14.4. The number of aromatic carboxylic acids is 1. The van der Waals surface area contributed by atoms with Gasteiger partial charge in [0.25, 0.3) is 0 Å². The number of rotatable bonds is 4. The van der Waals surface area contributed by atoms with Crippen molar-refractivity contribution in [3.05, 3.63) is 63.6 Å². The second kappa shape index (κ2) is 5.78. The van der Waals surface area contributed by atoms with E-state index >= 15 is 0 Å². The molecule has 0 radical (unpaired) electrons. The Morgan fingerprint density at radius 3 is 2.70 bits per heavy atom. The molecule has 0 aliphatic heterocycles. The fourth-order valence-electron chi connectivity index (χ4n) is 3.17. The lowest BCUT2D eigenvalue weighted by Gasteiger charge is -2.23. The molecule has 1 fully saturated rings. The molecule has 0 unspecified atom stereocenters. The topological polar surface area (TPSA) is 50.2 Å². The number of carboxylic acid groups (broad SMARTS) is 1. The Kier molecular flexibility index (Phi) is 3.62. The number of thiazole rings is 1. The summed E-state index contributed by atoms with van der Waals surface area (Å²) in [6.07, 6.45) is 4.01. The van der Waals surface area contributed by atoms with Gasteiger partial charge in [-0.3, -0.25) is 0 Å². The van der Waals surface area contributed by atoms with Crippen LogP contribution < -0.4 is 0 Å². The van der Waals surface area contributed by atoms with E-state index in [0.717, 1.165) is 23.5 Å². The van der Waals surface area contributed by atoms with Crippen LogP contribution in [0, 0.1) is 0 Å². The van der Waals surface area contributed by atoms with E-state index < -0.39 is 5.97 Å². The summed E-state index contributed by atoms with van der Waals surface area (Å²) in [4.78, 5) is 16.6. The van der Waals surface area contributed by atoms with Gasteiger partial charge in [0.2, 0.25) is 0 Å². The molecule has 1 heterocycles. The number of hydrogen-bond acceptors (Lipinski definition) is 3. The quantitative estimate of drug-likeness (QED) is 0.746. The number of fused-ring (bicyclic) bond motifs is 1. The molecule has 2 aromatic carbocycles. The standard InChI is InChI=1S/C19H17NO2S/c21-19(22)18-17(13-7-4-8-13)20-16(23-18)11-14-9-3-6-12-5-1-2-10-15(12)14/h1-3,5-6,9-10,13H,4,7-8,11H2,(H,21,22). The van der Waals surface area contributed by atoms with Crippen LogP contribution in [0.25, 0.3) is 10.8 Å². The summed E-state index contributed by atoms with van der Waals surface area (Å²) in [5.74, 6) is -0.493. The van der Waals surface area contributed by atoms with Crippen molar-refractivity contribution in [1.29, 1.82) is 0 Å². The van der Waals surface area contributed by atoms with Crippen LogP contribution in [-0.2, 0) is 6.42 Å². The van der Waals surface area contributed by atoms with Gasteiger partial charge in [-0.05, 0) is 29.2 Å². The molecule has 4 rings (SSSR count). The van der Waals surface area contributed by atoms with E-state index in [0.29, 0.717) is 17.2 Å². The first-order valence-corrected chi connectivity index (χ1v) is 8.73. The smallest absolute Gasteiger partial charge is 0.347 e. The predicted octanol–water partition coefficient (Wildman–Crippen LogP) is 4.85. The van der Waals surface area contributed by atoms with Gasteiger partial charge in [-0.25, -0.2) is 9.78 Å². The lowest BCUT2D eigenvalue weighted by atomic mass is 9.82. The number of carboxylic acids is 1. The van der Waals surface area contributed by atoms with Crippen LogP contribution in [0.5, 0.6) is 0 Å². The first-order chi connectivity index (χ1) is 11.2. The lowest BCUT2D eigenvalue weighted by Crippen LogP contribution is -2.12. The van der Waals surface area contributed by atoms with E-state index in [1.165, 1.54) is 34.1 Å². The molecule has 1 saturated carbocycles. The van der Waals surface area contributed by atoms with Gasteiger partial charge in [-0.2, -0.15) is 0 Å². The number of hydrogen-bond donors (Lipinski definition) is 1. The first-order valence-electron chi connectivity index (χ1n) is 7.92. The summed E-state index contributed by atoms with van der Waals surface area (Å²) in [6, 6.07) is 14.5. The van der Waals surface area contributed by atoms with E-state index in [9.17, 15) is 9.90 Å². The van der Waals surface area contributed by atoms with Crippen molar-refractivity contribution in [2.24, 2.45) is 0 Å². The molecule has 1 aliphatic carbocycles. The normalized spacial score (nSPS) is 14.8. The number of carbonyl (C=O) groups is 1. The van der Waals surface area contributed by atoms with Crippen LogP contribution in [0.3, 0.4) is 0 Å². The summed E-state index contributed by atoms with van der Waals surface area (Å²) in [7, 11) is 0. The molecule has 0 saturated heterocycles. The second-order valence-corrected chi connectivity index (χ2v) is 7.15. The van der Waals surface area contributed by atoms with Crippen molar-refractivity contribution in [2.75, 3.05) is 0 Å². The summed E-state index contributed by atoms with van der Waals surface area (Å²) < 4.78 is 0. The molecule has 0 spiro atoms. The van der Waals surface area contributed by atoms with Crippen molar-refractivity contribution in [3.63, 3.8) is 0 Å². The van der Waals surface area contributed by atoms with Crippen molar-refractivity contribution in [2.45, 2.75) is 31.6 Å². The van der Waals surface area contributed by atoms with Gasteiger partial charge in [-0.1, -0.05) is 48.9 Å². The number of aromatic nitrogens is 1. The average Bonchev–Trinajstić information content (AvgIpc) is 2.89. The third-order valence-electron chi connectivity index (χ3n) is 4.61. The van der Waals surface area contributed by atoms with E-state index in [4.69, 9.17) is 4.98 Å². The van der Waals surface area contributed by atoms with Crippen LogP contribution in [0.1, 0.15) is 51.1 Å². The molecule has 1 aromatic heterocycles. The fourth-order valence-corrected chi connectivity index (χ4v) is 4.19. The lowest BCUT2D eigenvalue weighted by molar-refractivity contribution is 0.0699. The SMILES string of the molecule is O=C(O)c1sc(Cc2cccc3ccccc23)nc1C1CCC1. The van der Waals surface area contributed by atoms with E-state index in [1.54, 1.807) is 0 Å². The van der Waals surface area contributed by atoms with Crippen LogP contribution >= 0.6 is 11.3 Å². The van der Waals surface area contributed by atoms with Gasteiger partial charge < -0.3 is 5.11 Å². The van der Waals surface area contributed by atoms with Gasteiger partial charge in [-0.15, -0.1) is 11.3 Å². The van der Waals surface area contributed by atoms with Gasteiger partial charge in [0.15, 0.2) is 0 Å². The zero-order valence-electron chi connectivity index (χ0n) is 12.7. The Balaban J connectivity index is 1.72. The monoisotopic (exact) mass is 323 g/mol. The zero-order chi connectivity index (χ0) is 15.8. The molecule has 23 heavy (non-hydrogen) atoms. The summed E-state index contributed by atoms with van der Waals surface area (Å²) in [6.45, 7) is 0. The van der Waals surface area contributed by atoms with Crippen molar-refractivity contribution in [1.82, 2.24) is 4.98 Å². The highest BCUT2D eigenvalue weighted by atomic mass is 32.1. The highest BCUT2D eigenvalue weighted by molar-refractivity contribution is 7.13. The van der Waals surface area contributed by atoms with Crippen molar-refractivity contribution >= 4 is 28.1 Å². The molecular weight excluding hydrogens is 306 g/mol. The highest BCUT2D eigenvalue weighted by Crippen LogP contribution is 2.39. The molecule has 0 amide bonds. The summed E-state index contributed by atoms with van der Waals surface area (Å²) in [5, 5.41) is 12.8. The Morgan fingerprint density at radius 1 is 1.17 bits per heavy atom. The van der Waals surface area contributed by atoms with Gasteiger partial charge in [0.1, 0.15) is 4.88 Å². The van der Waals surface area contributed by atoms with Crippen LogP contribution in [0.15, 0.2) is 42.5 Å². The Morgan fingerprint density at radius 2 is 1.96 bits per heavy atom. The van der Waals surface area contributed by atoms with E-state index in [-0.39, 0.29) is 0 Å². The third-order valence-corrected chi connectivity index (χ3v) is 5.66. The fraction of sp³-hybridized carbons (Fsp3) is 0.263. The highest BCUT2D eigenvalue weighted by Gasteiger charge is 2.28. The Bertz CT molecular complexity index is 875. The maximum Gasteiger partial charge on any atom is 0.347 e. The van der Waals surface area contributed by atoms with E-state index in [1.807, 2.05) is 12.1 Å². The molecule has 0 bridgehead atoms. The molecular formula is C19H17NO2S. The molecule has 0 atom stereocenters. The predicted molar refractivity (Wildman–Crippen MR) is 92.4 cm³/mol. The Hall–Kier alpha value is -2.20. The molecule has 1 aliphatic rings. The Labute approximate surface area is 138 Å². The summed E-state index contributed by atoms with van der Waals surface area (Å²) >= 11 is 1.34. The minimum Gasteiger partial charge on any atom is -0.477 e. The van der Waals surface area contributed by atoms with Crippen LogP contribution in [0.4, 0.5) is 0 Å². The average molecular weight is 323 g/mol. The maximum absolute atomic E-state index is 11.5. The van der Waals surface area contributed by atoms with Gasteiger partial charge in [0.05, 0.1) is 10.7 Å². The van der Waals surface area contributed by atoms with Crippen LogP contribution in [-0.4, -0.2) is 16.1 Å². The van der Waals surface area contributed by atoms with E-state index in [2.05, 4.69) is 30.3 Å².